The molecule has 0 aliphatic heterocycles. The van der Waals surface area contributed by atoms with Crippen LogP contribution in [0.1, 0.15) is 75.8 Å². The summed E-state index contributed by atoms with van der Waals surface area (Å²) in [4.78, 5) is 0. The van der Waals surface area contributed by atoms with Crippen LogP contribution >= 0.6 is 0 Å². The maximum Gasteiger partial charge on any atom is 0.144 e. The highest BCUT2D eigenvalue weighted by molar-refractivity contribution is 5.35. The minimum Gasteiger partial charge on any atom is -0.374 e. The van der Waals surface area contributed by atoms with Crippen LogP contribution in [0.5, 0.6) is 0 Å². The Morgan fingerprint density at radius 1 is 1.00 bits per heavy atom. The summed E-state index contributed by atoms with van der Waals surface area (Å²) < 4.78 is 33.5. The Hall–Kier alpha value is -1.73. The van der Waals surface area contributed by atoms with Crippen LogP contribution < -0.4 is 0 Å². The molecule has 2 aliphatic rings. The van der Waals surface area contributed by atoms with E-state index in [2.05, 4.69) is 6.08 Å². The van der Waals surface area contributed by atoms with Gasteiger partial charge in [-0.1, -0.05) is 25.0 Å². The maximum atomic E-state index is 13.8. The number of rotatable bonds is 7. The van der Waals surface area contributed by atoms with Crippen LogP contribution in [0, 0.1) is 40.7 Å². The van der Waals surface area contributed by atoms with E-state index in [1.807, 2.05) is 13.0 Å². The first kappa shape index (κ1) is 22.0. The average Bonchev–Trinajstić information content (AvgIpc) is 2.73. The second-order valence-electron chi connectivity index (χ2n) is 8.80. The molecule has 0 atom stereocenters. The fraction of sp³-hybridized carbons (Fsp3) is 0.640. The Labute approximate surface area is 174 Å². The molecule has 4 heteroatoms. The monoisotopic (exact) mass is 401 g/mol. The standard InChI is InChI=1S/C25H33F2NO/c1-2-3-14-29-22-12-10-21(11-13-22)20-8-6-18(7-9-20)4-5-19-15-24(26)23(17-28)25(27)16-19/h2-3,15-16,18,20-22H,4-14H2,1H3/b3-2+. The lowest BCUT2D eigenvalue weighted by molar-refractivity contribution is 0.0210. The molecule has 2 fully saturated rings. The van der Waals surface area contributed by atoms with Gasteiger partial charge in [0.05, 0.1) is 12.7 Å². The summed E-state index contributed by atoms with van der Waals surface area (Å²) in [5.41, 5.74) is 0.188. The first-order chi connectivity index (χ1) is 14.1. The number of hydrogen-bond donors (Lipinski definition) is 0. The van der Waals surface area contributed by atoms with Crippen LogP contribution in [0.3, 0.4) is 0 Å². The van der Waals surface area contributed by atoms with Crippen molar-refractivity contribution in [2.45, 2.75) is 77.2 Å². The van der Waals surface area contributed by atoms with E-state index in [4.69, 9.17) is 10.00 Å². The van der Waals surface area contributed by atoms with Gasteiger partial charge in [0.15, 0.2) is 0 Å². The van der Waals surface area contributed by atoms with Crippen molar-refractivity contribution in [3.05, 3.63) is 47.0 Å². The van der Waals surface area contributed by atoms with Gasteiger partial charge in [0.2, 0.25) is 0 Å². The van der Waals surface area contributed by atoms with Gasteiger partial charge in [-0.25, -0.2) is 8.78 Å². The normalized spacial score (nSPS) is 27.8. The van der Waals surface area contributed by atoms with E-state index in [-0.39, 0.29) is 0 Å². The SMILES string of the molecule is C/C=C/COC1CCC(C2CCC(CCc3cc(F)c(C#N)c(F)c3)CC2)CC1. The number of allylic oxidation sites excluding steroid dienone is 1. The highest BCUT2D eigenvalue weighted by Gasteiger charge is 2.31. The first-order valence-corrected chi connectivity index (χ1v) is 11.2. The summed E-state index contributed by atoms with van der Waals surface area (Å²) in [6.45, 7) is 2.77. The van der Waals surface area contributed by atoms with Crippen LogP contribution in [0.25, 0.3) is 0 Å². The maximum absolute atomic E-state index is 13.8. The predicted octanol–water partition coefficient (Wildman–Crippen LogP) is 6.73. The summed E-state index contributed by atoms with van der Waals surface area (Å²) >= 11 is 0. The molecule has 1 aromatic rings. The van der Waals surface area contributed by atoms with Crippen molar-refractivity contribution >= 4 is 0 Å². The number of nitrogens with zero attached hydrogens (tertiary/aromatic N) is 1. The molecular weight excluding hydrogens is 368 g/mol. The number of ether oxygens (including phenoxy) is 1. The third-order valence-corrected chi connectivity index (χ3v) is 7.00. The van der Waals surface area contributed by atoms with Crippen molar-refractivity contribution < 1.29 is 13.5 Å². The Morgan fingerprint density at radius 3 is 2.14 bits per heavy atom. The molecule has 0 N–H and O–H groups in total. The zero-order chi connectivity index (χ0) is 20.6. The summed E-state index contributed by atoms with van der Waals surface area (Å²) in [6.07, 6.45) is 16.2. The lowest BCUT2D eigenvalue weighted by atomic mass is 9.70. The van der Waals surface area contributed by atoms with Crippen LogP contribution in [0.15, 0.2) is 24.3 Å². The van der Waals surface area contributed by atoms with Gasteiger partial charge >= 0.3 is 0 Å². The summed E-state index contributed by atoms with van der Waals surface area (Å²) in [5, 5.41) is 8.78. The molecule has 0 amide bonds. The molecule has 0 radical (unpaired) electrons. The summed E-state index contributed by atoms with van der Waals surface area (Å²) in [5.74, 6) is 0.855. The highest BCUT2D eigenvalue weighted by atomic mass is 19.1. The molecule has 2 saturated carbocycles. The van der Waals surface area contributed by atoms with Gasteiger partial charge in [0.25, 0.3) is 0 Å². The van der Waals surface area contributed by atoms with Crippen molar-refractivity contribution in [2.24, 2.45) is 17.8 Å². The number of benzene rings is 1. The minimum absolute atomic E-state index is 0.437. The van der Waals surface area contributed by atoms with Gasteiger partial charge in [0, 0.05) is 0 Å². The van der Waals surface area contributed by atoms with E-state index >= 15 is 0 Å². The van der Waals surface area contributed by atoms with Crippen LogP contribution in [-0.4, -0.2) is 12.7 Å². The van der Waals surface area contributed by atoms with Crippen molar-refractivity contribution in [3.63, 3.8) is 0 Å². The minimum atomic E-state index is -0.739. The largest absolute Gasteiger partial charge is 0.374 e. The number of nitriles is 1. The molecule has 0 unspecified atom stereocenters. The van der Waals surface area contributed by atoms with Crippen molar-refractivity contribution in [2.75, 3.05) is 6.61 Å². The molecule has 29 heavy (non-hydrogen) atoms. The van der Waals surface area contributed by atoms with Crippen LogP contribution in [0.4, 0.5) is 8.78 Å². The van der Waals surface area contributed by atoms with E-state index in [1.165, 1.54) is 63.5 Å². The zero-order valence-electron chi connectivity index (χ0n) is 17.5. The summed E-state index contributed by atoms with van der Waals surface area (Å²) in [7, 11) is 0. The number of hydrogen-bond acceptors (Lipinski definition) is 2. The number of halogens is 2. The van der Waals surface area contributed by atoms with E-state index < -0.39 is 17.2 Å². The molecule has 2 aliphatic carbocycles. The molecule has 0 saturated heterocycles. The van der Waals surface area contributed by atoms with E-state index in [1.54, 1.807) is 6.07 Å². The Kier molecular flexibility index (Phi) is 8.24. The van der Waals surface area contributed by atoms with Gasteiger partial charge in [-0.3, -0.25) is 0 Å². The first-order valence-electron chi connectivity index (χ1n) is 11.2. The Balaban J connectivity index is 1.38. The average molecular weight is 402 g/mol. The van der Waals surface area contributed by atoms with Gasteiger partial charge in [-0.15, -0.1) is 0 Å². The number of aryl methyl sites for hydroxylation is 1. The van der Waals surface area contributed by atoms with Gasteiger partial charge in [0.1, 0.15) is 23.3 Å². The van der Waals surface area contributed by atoms with Gasteiger partial charge in [-0.2, -0.15) is 5.26 Å². The van der Waals surface area contributed by atoms with Crippen LogP contribution in [-0.2, 0) is 11.2 Å². The predicted molar refractivity (Wildman–Crippen MR) is 111 cm³/mol. The molecule has 3 rings (SSSR count). The van der Waals surface area contributed by atoms with E-state index in [0.717, 1.165) is 24.9 Å². The van der Waals surface area contributed by atoms with E-state index in [9.17, 15) is 8.78 Å². The zero-order valence-corrected chi connectivity index (χ0v) is 17.5. The molecular formula is C25H33F2NO. The van der Waals surface area contributed by atoms with Crippen LogP contribution in [0.2, 0.25) is 0 Å². The molecule has 1 aromatic carbocycles. The second-order valence-corrected chi connectivity index (χ2v) is 8.80. The fourth-order valence-electron chi connectivity index (χ4n) is 5.21. The molecule has 158 valence electrons. The Morgan fingerprint density at radius 2 is 1.59 bits per heavy atom. The lowest BCUT2D eigenvalue weighted by Gasteiger charge is -2.37. The van der Waals surface area contributed by atoms with E-state index in [0.29, 0.717) is 24.0 Å². The van der Waals surface area contributed by atoms with Crippen molar-refractivity contribution in [3.8, 4) is 6.07 Å². The molecule has 0 heterocycles. The highest BCUT2D eigenvalue weighted by Crippen LogP contribution is 2.41. The Bertz CT molecular complexity index is 700. The third-order valence-electron chi connectivity index (χ3n) is 7.00. The smallest absolute Gasteiger partial charge is 0.144 e. The van der Waals surface area contributed by atoms with Crippen molar-refractivity contribution in [1.82, 2.24) is 0 Å². The lowest BCUT2D eigenvalue weighted by Crippen LogP contribution is -2.28. The molecule has 2 nitrogen and oxygen atoms in total. The molecule has 0 aromatic heterocycles. The van der Waals surface area contributed by atoms with Crippen molar-refractivity contribution in [1.29, 1.82) is 5.26 Å². The second kappa shape index (κ2) is 10.9. The third kappa shape index (κ3) is 6.12. The molecule has 0 bridgehead atoms. The molecule has 0 spiro atoms. The summed E-state index contributed by atoms with van der Waals surface area (Å²) in [6, 6.07) is 4.23. The quantitative estimate of drug-likeness (QED) is 0.475. The van der Waals surface area contributed by atoms with Gasteiger partial charge in [-0.05, 0) is 93.7 Å². The fourth-order valence-corrected chi connectivity index (χ4v) is 5.21. The topological polar surface area (TPSA) is 33.0 Å². The van der Waals surface area contributed by atoms with Gasteiger partial charge < -0.3 is 4.74 Å².